The fourth-order valence-electron chi connectivity index (χ4n) is 0. The number of hydrogen-bond acceptors (Lipinski definition) is 1. The minimum atomic E-state index is 0. The summed E-state index contributed by atoms with van der Waals surface area (Å²) < 4.78 is 0. The molecule has 0 saturated carbocycles. The van der Waals surface area contributed by atoms with Gasteiger partial charge in [0.1, 0.15) is 0 Å². The van der Waals surface area contributed by atoms with Crippen LogP contribution in [0.15, 0.2) is 0 Å². The van der Waals surface area contributed by atoms with Gasteiger partial charge in [-0.2, -0.15) is 0 Å². The van der Waals surface area contributed by atoms with E-state index < -0.39 is 0 Å². The molecule has 0 aromatic heterocycles. The van der Waals surface area contributed by atoms with E-state index in [0.717, 1.165) is 0 Å². The molecular formula is C4H14ClN. The van der Waals surface area contributed by atoms with Crippen molar-refractivity contribution in [3.05, 3.63) is 0 Å². The van der Waals surface area contributed by atoms with Gasteiger partial charge in [0.05, 0.1) is 0 Å². The van der Waals surface area contributed by atoms with Gasteiger partial charge in [-0.05, 0) is 0 Å². The summed E-state index contributed by atoms with van der Waals surface area (Å²) in [5, 5.41) is 0. The highest BCUT2D eigenvalue weighted by molar-refractivity contribution is 5.85. The summed E-state index contributed by atoms with van der Waals surface area (Å²) in [5.74, 6) is 0. The first-order chi connectivity index (χ1) is 1.91. The molecule has 0 unspecified atom stereocenters. The summed E-state index contributed by atoms with van der Waals surface area (Å²) in [5.41, 5.74) is 0. The van der Waals surface area contributed by atoms with E-state index in [0.29, 0.717) is 0 Å². The van der Waals surface area contributed by atoms with E-state index in [1.165, 1.54) is 12.8 Å². The van der Waals surface area contributed by atoms with Crippen LogP contribution in [0, 0.1) is 0 Å². The van der Waals surface area contributed by atoms with Crippen molar-refractivity contribution in [2.75, 3.05) is 0 Å². The third kappa shape index (κ3) is 28.7. The van der Waals surface area contributed by atoms with Crippen LogP contribution in [0.25, 0.3) is 0 Å². The lowest BCUT2D eigenvalue weighted by Gasteiger charge is -1.68. The van der Waals surface area contributed by atoms with Gasteiger partial charge in [-0.25, -0.2) is 0 Å². The summed E-state index contributed by atoms with van der Waals surface area (Å²) in [7, 11) is 0. The van der Waals surface area contributed by atoms with Crippen LogP contribution in [0.5, 0.6) is 0 Å². The van der Waals surface area contributed by atoms with Crippen LogP contribution in [0.4, 0.5) is 0 Å². The second kappa shape index (κ2) is 18.7. The van der Waals surface area contributed by atoms with Crippen molar-refractivity contribution >= 4 is 12.4 Å². The molecule has 0 aromatic rings. The second-order valence-electron chi connectivity index (χ2n) is 1.000. The lowest BCUT2D eigenvalue weighted by molar-refractivity contribution is 0.886. The van der Waals surface area contributed by atoms with E-state index in [1.807, 2.05) is 0 Å². The Labute approximate surface area is 46.1 Å². The molecule has 2 heteroatoms. The molecule has 0 saturated heterocycles. The lowest BCUT2D eigenvalue weighted by atomic mass is 10.4. The molecule has 0 spiro atoms. The van der Waals surface area contributed by atoms with Crippen LogP contribution in [-0.2, 0) is 0 Å². The molecule has 0 atom stereocenters. The maximum absolute atomic E-state index is 2.18. The number of unbranched alkanes of at least 4 members (excludes halogenated alkanes) is 1. The van der Waals surface area contributed by atoms with E-state index in [-0.39, 0.29) is 18.6 Å². The van der Waals surface area contributed by atoms with Gasteiger partial charge in [-0.15, -0.1) is 12.4 Å². The van der Waals surface area contributed by atoms with Crippen molar-refractivity contribution in [2.45, 2.75) is 26.7 Å². The fraction of sp³-hybridized carbons (Fsp3) is 1.00. The van der Waals surface area contributed by atoms with E-state index in [4.69, 9.17) is 0 Å². The van der Waals surface area contributed by atoms with E-state index in [1.54, 1.807) is 0 Å². The number of hydrogen-bond donors (Lipinski definition) is 1. The third-order valence-electron chi connectivity index (χ3n) is 0.500. The zero-order chi connectivity index (χ0) is 3.41. The van der Waals surface area contributed by atoms with E-state index in [9.17, 15) is 0 Å². The van der Waals surface area contributed by atoms with Gasteiger partial charge in [-0.3, -0.25) is 0 Å². The highest BCUT2D eigenvalue weighted by atomic mass is 35.5. The molecule has 6 heavy (non-hydrogen) atoms. The average molecular weight is 112 g/mol. The van der Waals surface area contributed by atoms with E-state index in [2.05, 4.69) is 13.8 Å². The monoisotopic (exact) mass is 111 g/mol. The van der Waals surface area contributed by atoms with Gasteiger partial charge < -0.3 is 6.15 Å². The van der Waals surface area contributed by atoms with Crippen molar-refractivity contribution in [3.63, 3.8) is 0 Å². The quantitative estimate of drug-likeness (QED) is 0.554. The van der Waals surface area contributed by atoms with Gasteiger partial charge in [0.2, 0.25) is 0 Å². The van der Waals surface area contributed by atoms with Crippen molar-refractivity contribution in [1.82, 2.24) is 6.15 Å². The lowest BCUT2D eigenvalue weighted by Crippen LogP contribution is -1.47. The normalized spacial score (nSPS) is 5.00. The minimum Gasteiger partial charge on any atom is -0.344 e. The molecule has 0 aliphatic rings. The molecule has 0 aliphatic heterocycles. The predicted octanol–water partition coefficient (Wildman–Crippen LogP) is 2.39. The third-order valence-corrected chi connectivity index (χ3v) is 0.500. The summed E-state index contributed by atoms with van der Waals surface area (Å²) in [6.45, 7) is 4.36. The molecule has 0 bridgehead atoms. The standard InChI is InChI=1S/C4H10.ClH.H3N/c1-3-4-2;;/h3-4H2,1-2H3;1H;1H3. The van der Waals surface area contributed by atoms with E-state index >= 15 is 0 Å². The number of halogens is 1. The smallest absolute Gasteiger partial charge is 0.0564 e. The Morgan fingerprint density at radius 2 is 1.17 bits per heavy atom. The first-order valence-electron chi connectivity index (χ1n) is 1.91. The SMILES string of the molecule is CCCC.Cl.N. The first kappa shape index (κ1) is 16.3. The molecule has 0 aliphatic carbocycles. The van der Waals surface area contributed by atoms with Gasteiger partial charge in [0, 0.05) is 0 Å². The Kier molecular flexibility index (Phi) is 50.9. The zero-order valence-corrected chi connectivity index (χ0v) is 5.35. The molecule has 42 valence electrons. The van der Waals surface area contributed by atoms with Crippen LogP contribution in [-0.4, -0.2) is 0 Å². The number of rotatable bonds is 1. The van der Waals surface area contributed by atoms with Gasteiger partial charge in [0.15, 0.2) is 0 Å². The van der Waals surface area contributed by atoms with Crippen LogP contribution in [0.2, 0.25) is 0 Å². The molecule has 3 N–H and O–H groups in total. The minimum absolute atomic E-state index is 0. The highest BCUT2D eigenvalue weighted by Gasteiger charge is 1.56. The summed E-state index contributed by atoms with van der Waals surface area (Å²) in [6.07, 6.45) is 2.64. The molecule has 0 fully saturated rings. The molecule has 0 amide bonds. The topological polar surface area (TPSA) is 35.0 Å². The van der Waals surface area contributed by atoms with Gasteiger partial charge >= 0.3 is 0 Å². The molecular weight excluding hydrogens is 97.5 g/mol. The Morgan fingerprint density at radius 1 is 1.00 bits per heavy atom. The highest BCUT2D eigenvalue weighted by Crippen LogP contribution is 1.76. The molecule has 0 rings (SSSR count). The summed E-state index contributed by atoms with van der Waals surface area (Å²) >= 11 is 0. The molecule has 0 aromatic carbocycles. The Bertz CT molecular complexity index is 9.51. The van der Waals surface area contributed by atoms with Crippen LogP contribution >= 0.6 is 12.4 Å². The van der Waals surface area contributed by atoms with Crippen molar-refractivity contribution in [2.24, 2.45) is 0 Å². The van der Waals surface area contributed by atoms with Gasteiger partial charge in [-0.1, -0.05) is 26.7 Å². The Hall–Kier alpha value is 0.250. The zero-order valence-electron chi connectivity index (χ0n) is 4.53. The van der Waals surface area contributed by atoms with Crippen LogP contribution in [0.1, 0.15) is 26.7 Å². The van der Waals surface area contributed by atoms with Crippen molar-refractivity contribution in [1.29, 1.82) is 0 Å². The predicted molar refractivity (Wildman–Crippen MR) is 32.9 cm³/mol. The Morgan fingerprint density at radius 3 is 1.17 bits per heavy atom. The summed E-state index contributed by atoms with van der Waals surface area (Å²) in [6, 6.07) is 0. The molecule has 1 nitrogen and oxygen atoms in total. The van der Waals surface area contributed by atoms with Crippen LogP contribution in [0.3, 0.4) is 0 Å². The first-order valence-corrected chi connectivity index (χ1v) is 1.91. The van der Waals surface area contributed by atoms with Gasteiger partial charge in [0.25, 0.3) is 0 Å². The van der Waals surface area contributed by atoms with Crippen LogP contribution < -0.4 is 6.15 Å². The second-order valence-corrected chi connectivity index (χ2v) is 1.000. The fourth-order valence-corrected chi connectivity index (χ4v) is 0. The van der Waals surface area contributed by atoms with Crippen molar-refractivity contribution < 1.29 is 0 Å². The summed E-state index contributed by atoms with van der Waals surface area (Å²) in [4.78, 5) is 0. The maximum Gasteiger partial charge on any atom is -0.0564 e. The maximum atomic E-state index is 2.18. The Balaban J connectivity index is -0.0000000450. The largest absolute Gasteiger partial charge is 0.344 e. The molecule has 0 radical (unpaired) electrons. The average Bonchev–Trinajstić information content (AvgIpc) is 1.37. The molecule has 0 heterocycles. The van der Waals surface area contributed by atoms with Crippen molar-refractivity contribution in [3.8, 4) is 0 Å².